The van der Waals surface area contributed by atoms with Gasteiger partial charge in [-0.05, 0) is 12.5 Å². The Morgan fingerprint density at radius 2 is 2.07 bits per heavy atom. The Morgan fingerprint density at radius 1 is 1.43 bits per heavy atom. The predicted molar refractivity (Wildman–Crippen MR) is 62.3 cm³/mol. The van der Waals surface area contributed by atoms with Crippen molar-refractivity contribution in [1.82, 2.24) is 0 Å². The van der Waals surface area contributed by atoms with Crippen molar-refractivity contribution in [1.29, 1.82) is 0 Å². The molecule has 1 aromatic rings. The van der Waals surface area contributed by atoms with E-state index in [1.165, 1.54) is 0 Å². The number of hydrogen-bond donors (Lipinski definition) is 1. The van der Waals surface area contributed by atoms with Crippen molar-refractivity contribution in [2.75, 3.05) is 19.0 Å². The average Bonchev–Trinajstić information content (AvgIpc) is 2.52. The summed E-state index contributed by atoms with van der Waals surface area (Å²) < 4.78 is 5.56. The molecule has 0 bridgehead atoms. The van der Waals surface area contributed by atoms with Gasteiger partial charge < -0.3 is 15.1 Å². The second kappa shape index (κ2) is 5.94. The van der Waals surface area contributed by atoms with Gasteiger partial charge in [-0.2, -0.15) is 0 Å². The standard InChI is InChI=1S/C10H18N2O.ClH/c1-4-8(11)7-9-5-6-10(13-9)12(2)3;/h5-6,8H,4,7,11H2,1-3H3;1H. The third-order valence-corrected chi connectivity index (χ3v) is 2.08. The van der Waals surface area contributed by atoms with Crippen LogP contribution in [0.5, 0.6) is 0 Å². The summed E-state index contributed by atoms with van der Waals surface area (Å²) in [6.07, 6.45) is 1.81. The van der Waals surface area contributed by atoms with Gasteiger partial charge in [0.25, 0.3) is 0 Å². The Bertz CT molecular complexity index is 260. The molecular formula is C10H19ClN2O. The lowest BCUT2D eigenvalue weighted by Crippen LogP contribution is -2.20. The maximum Gasteiger partial charge on any atom is 0.195 e. The van der Waals surface area contributed by atoms with E-state index in [9.17, 15) is 0 Å². The largest absolute Gasteiger partial charge is 0.446 e. The van der Waals surface area contributed by atoms with Crippen LogP contribution in [0, 0.1) is 0 Å². The summed E-state index contributed by atoms with van der Waals surface area (Å²) in [7, 11) is 3.92. The zero-order valence-electron chi connectivity index (χ0n) is 8.99. The van der Waals surface area contributed by atoms with Crippen molar-refractivity contribution < 1.29 is 4.42 Å². The Balaban J connectivity index is 0.00000169. The Hall–Kier alpha value is -0.670. The zero-order valence-corrected chi connectivity index (χ0v) is 9.80. The van der Waals surface area contributed by atoms with Gasteiger partial charge in [0.2, 0.25) is 0 Å². The van der Waals surface area contributed by atoms with Crippen molar-refractivity contribution in [3.63, 3.8) is 0 Å². The topological polar surface area (TPSA) is 42.4 Å². The molecule has 2 N–H and O–H groups in total. The highest BCUT2D eigenvalue weighted by Crippen LogP contribution is 2.17. The maximum absolute atomic E-state index is 5.82. The highest BCUT2D eigenvalue weighted by atomic mass is 35.5. The molecule has 0 aromatic carbocycles. The third-order valence-electron chi connectivity index (χ3n) is 2.08. The van der Waals surface area contributed by atoms with E-state index in [0.29, 0.717) is 0 Å². The highest BCUT2D eigenvalue weighted by molar-refractivity contribution is 5.85. The fraction of sp³-hybridized carbons (Fsp3) is 0.600. The van der Waals surface area contributed by atoms with Crippen LogP contribution in [0.2, 0.25) is 0 Å². The molecule has 0 spiro atoms. The molecule has 0 aliphatic rings. The van der Waals surface area contributed by atoms with E-state index in [1.54, 1.807) is 0 Å². The molecule has 82 valence electrons. The van der Waals surface area contributed by atoms with Gasteiger partial charge in [0.1, 0.15) is 5.76 Å². The lowest BCUT2D eigenvalue weighted by Gasteiger charge is -2.08. The minimum atomic E-state index is 0. The summed E-state index contributed by atoms with van der Waals surface area (Å²) >= 11 is 0. The first kappa shape index (κ1) is 13.3. The Morgan fingerprint density at radius 3 is 2.50 bits per heavy atom. The van der Waals surface area contributed by atoms with E-state index >= 15 is 0 Å². The first-order chi connectivity index (χ1) is 6.13. The molecule has 1 atom stereocenters. The minimum absolute atomic E-state index is 0. The van der Waals surface area contributed by atoms with E-state index in [1.807, 2.05) is 31.1 Å². The molecular weight excluding hydrogens is 200 g/mol. The SMILES string of the molecule is CCC(N)Cc1ccc(N(C)C)o1.Cl. The lowest BCUT2D eigenvalue weighted by atomic mass is 10.1. The van der Waals surface area contributed by atoms with E-state index in [0.717, 1.165) is 24.5 Å². The van der Waals surface area contributed by atoms with Crippen molar-refractivity contribution in [2.45, 2.75) is 25.8 Å². The first-order valence-electron chi connectivity index (χ1n) is 4.65. The molecule has 4 heteroatoms. The summed E-state index contributed by atoms with van der Waals surface area (Å²) in [5, 5.41) is 0. The predicted octanol–water partition coefficient (Wildman–Crippen LogP) is 2.05. The van der Waals surface area contributed by atoms with Gasteiger partial charge in [0.05, 0.1) is 0 Å². The van der Waals surface area contributed by atoms with Crippen molar-refractivity contribution in [3.05, 3.63) is 17.9 Å². The summed E-state index contributed by atoms with van der Waals surface area (Å²) in [6, 6.07) is 4.17. The fourth-order valence-corrected chi connectivity index (χ4v) is 1.12. The van der Waals surface area contributed by atoms with Gasteiger partial charge in [-0.25, -0.2) is 0 Å². The number of halogens is 1. The summed E-state index contributed by atoms with van der Waals surface area (Å²) in [4.78, 5) is 1.95. The van der Waals surface area contributed by atoms with Gasteiger partial charge in [-0.1, -0.05) is 6.92 Å². The average molecular weight is 219 g/mol. The number of nitrogens with zero attached hydrogens (tertiary/aromatic N) is 1. The van der Waals surface area contributed by atoms with E-state index in [4.69, 9.17) is 10.2 Å². The van der Waals surface area contributed by atoms with E-state index in [-0.39, 0.29) is 18.4 Å². The van der Waals surface area contributed by atoms with E-state index < -0.39 is 0 Å². The summed E-state index contributed by atoms with van der Waals surface area (Å²) in [5.74, 6) is 1.86. The van der Waals surface area contributed by atoms with Crippen LogP contribution in [0.25, 0.3) is 0 Å². The molecule has 0 amide bonds. The van der Waals surface area contributed by atoms with Crippen LogP contribution in [0.1, 0.15) is 19.1 Å². The second-order valence-electron chi connectivity index (χ2n) is 3.51. The van der Waals surface area contributed by atoms with Gasteiger partial charge in [-0.15, -0.1) is 12.4 Å². The van der Waals surface area contributed by atoms with Crippen LogP contribution in [0.3, 0.4) is 0 Å². The maximum atomic E-state index is 5.82. The minimum Gasteiger partial charge on any atom is -0.446 e. The van der Waals surface area contributed by atoms with Crippen molar-refractivity contribution in [2.24, 2.45) is 5.73 Å². The van der Waals surface area contributed by atoms with Crippen LogP contribution in [-0.4, -0.2) is 20.1 Å². The van der Waals surface area contributed by atoms with Crippen LogP contribution in [0.4, 0.5) is 5.88 Å². The number of rotatable bonds is 4. The molecule has 3 nitrogen and oxygen atoms in total. The van der Waals surface area contributed by atoms with Crippen molar-refractivity contribution in [3.8, 4) is 0 Å². The first-order valence-corrected chi connectivity index (χ1v) is 4.65. The number of hydrogen-bond acceptors (Lipinski definition) is 3. The molecule has 1 heterocycles. The molecule has 1 aromatic heterocycles. The number of nitrogens with two attached hydrogens (primary N) is 1. The highest BCUT2D eigenvalue weighted by Gasteiger charge is 2.06. The molecule has 14 heavy (non-hydrogen) atoms. The normalized spacial score (nSPS) is 12.0. The van der Waals surface area contributed by atoms with Gasteiger partial charge in [0, 0.05) is 32.6 Å². The third kappa shape index (κ3) is 3.60. The number of furan rings is 1. The molecule has 0 fully saturated rings. The van der Waals surface area contributed by atoms with Gasteiger partial charge in [-0.3, -0.25) is 0 Å². The van der Waals surface area contributed by atoms with E-state index in [2.05, 4.69) is 6.92 Å². The molecule has 0 saturated carbocycles. The Labute approximate surface area is 91.7 Å². The fourth-order valence-electron chi connectivity index (χ4n) is 1.12. The summed E-state index contributed by atoms with van der Waals surface area (Å²) in [5.41, 5.74) is 5.82. The number of anilines is 1. The molecule has 0 aliphatic heterocycles. The quantitative estimate of drug-likeness (QED) is 0.841. The second-order valence-corrected chi connectivity index (χ2v) is 3.51. The van der Waals surface area contributed by atoms with Crippen LogP contribution in [-0.2, 0) is 6.42 Å². The van der Waals surface area contributed by atoms with Gasteiger partial charge >= 0.3 is 0 Å². The van der Waals surface area contributed by atoms with Crippen LogP contribution in [0.15, 0.2) is 16.5 Å². The van der Waals surface area contributed by atoms with Crippen LogP contribution < -0.4 is 10.6 Å². The lowest BCUT2D eigenvalue weighted by molar-refractivity contribution is 0.481. The smallest absolute Gasteiger partial charge is 0.195 e. The molecule has 0 radical (unpaired) electrons. The van der Waals surface area contributed by atoms with Crippen molar-refractivity contribution >= 4 is 18.3 Å². The molecule has 0 saturated heterocycles. The Kier molecular flexibility index (Phi) is 5.65. The van der Waals surface area contributed by atoms with Crippen LogP contribution >= 0.6 is 12.4 Å². The molecule has 1 rings (SSSR count). The molecule has 0 aliphatic carbocycles. The summed E-state index contributed by atoms with van der Waals surface area (Å²) in [6.45, 7) is 2.08. The monoisotopic (exact) mass is 218 g/mol. The molecule has 1 unspecified atom stereocenters. The van der Waals surface area contributed by atoms with Gasteiger partial charge in [0.15, 0.2) is 5.88 Å². The zero-order chi connectivity index (χ0) is 9.84.